The molecular formula is C6H8N4O2S2. The molecule has 1 heterocycles. The summed E-state index contributed by atoms with van der Waals surface area (Å²) in [5, 5.41) is 6.96. The lowest BCUT2D eigenvalue weighted by Gasteiger charge is -2.10. The van der Waals surface area contributed by atoms with Gasteiger partial charge < -0.3 is 5.73 Å². The van der Waals surface area contributed by atoms with E-state index < -0.39 is 10.0 Å². The van der Waals surface area contributed by atoms with E-state index >= 15 is 0 Å². The lowest BCUT2D eigenvalue weighted by molar-refractivity contribution is 0.501. The summed E-state index contributed by atoms with van der Waals surface area (Å²) < 4.78 is 24.1. The van der Waals surface area contributed by atoms with Crippen LogP contribution in [0.3, 0.4) is 0 Å². The molecule has 0 spiro atoms. The van der Waals surface area contributed by atoms with E-state index in [1.807, 2.05) is 0 Å². The maximum Gasteiger partial charge on any atom is 0.272 e. The molecule has 0 aromatic carbocycles. The third-order valence-electron chi connectivity index (χ3n) is 1.37. The van der Waals surface area contributed by atoms with Gasteiger partial charge in [0, 0.05) is 7.05 Å². The smallest absolute Gasteiger partial charge is 0.272 e. The van der Waals surface area contributed by atoms with Gasteiger partial charge in [-0.1, -0.05) is 17.3 Å². The summed E-state index contributed by atoms with van der Waals surface area (Å²) in [6.45, 7) is -0.0121. The fraction of sp³-hybridized carbons (Fsp3) is 0.333. The van der Waals surface area contributed by atoms with E-state index in [9.17, 15) is 8.42 Å². The number of aromatic nitrogens is 2. The quantitative estimate of drug-likeness (QED) is 0.701. The average Bonchev–Trinajstić information content (AvgIpc) is 2.52. The van der Waals surface area contributed by atoms with Gasteiger partial charge in [0.1, 0.15) is 0 Å². The van der Waals surface area contributed by atoms with Crippen molar-refractivity contribution in [3.8, 4) is 12.3 Å². The second kappa shape index (κ2) is 3.91. The van der Waals surface area contributed by atoms with Gasteiger partial charge in [-0.3, -0.25) is 0 Å². The van der Waals surface area contributed by atoms with Crippen molar-refractivity contribution in [2.24, 2.45) is 0 Å². The molecule has 0 aliphatic heterocycles. The van der Waals surface area contributed by atoms with Gasteiger partial charge in [0.15, 0.2) is 0 Å². The summed E-state index contributed by atoms with van der Waals surface area (Å²) >= 11 is 0.806. The van der Waals surface area contributed by atoms with Gasteiger partial charge in [0.05, 0.1) is 6.54 Å². The molecule has 0 amide bonds. The zero-order valence-electron chi connectivity index (χ0n) is 7.34. The molecule has 2 N–H and O–H groups in total. The van der Waals surface area contributed by atoms with E-state index in [2.05, 4.69) is 16.1 Å². The van der Waals surface area contributed by atoms with Crippen LogP contribution in [0.1, 0.15) is 0 Å². The van der Waals surface area contributed by atoms with Gasteiger partial charge in [-0.2, -0.15) is 4.31 Å². The van der Waals surface area contributed by atoms with Crippen LogP contribution in [0.2, 0.25) is 0 Å². The first kappa shape index (κ1) is 10.9. The second-order valence-corrected chi connectivity index (χ2v) is 5.60. The van der Waals surface area contributed by atoms with Crippen LogP contribution < -0.4 is 5.73 Å². The van der Waals surface area contributed by atoms with Crippen molar-refractivity contribution in [3.63, 3.8) is 0 Å². The van der Waals surface area contributed by atoms with E-state index in [1.54, 1.807) is 0 Å². The highest BCUT2D eigenvalue weighted by atomic mass is 32.2. The van der Waals surface area contributed by atoms with Crippen molar-refractivity contribution in [1.29, 1.82) is 0 Å². The van der Waals surface area contributed by atoms with E-state index in [-0.39, 0.29) is 16.0 Å². The predicted molar refractivity (Wildman–Crippen MR) is 53.0 cm³/mol. The van der Waals surface area contributed by atoms with Gasteiger partial charge in [-0.25, -0.2) is 8.42 Å². The van der Waals surface area contributed by atoms with Crippen LogP contribution in [0.15, 0.2) is 4.34 Å². The monoisotopic (exact) mass is 232 g/mol. The maximum atomic E-state index is 11.6. The van der Waals surface area contributed by atoms with Crippen LogP contribution in [0, 0.1) is 12.3 Å². The molecule has 0 saturated heterocycles. The Labute approximate surface area is 85.8 Å². The highest BCUT2D eigenvalue weighted by Crippen LogP contribution is 2.19. The molecule has 0 aliphatic carbocycles. The molecule has 0 saturated carbocycles. The lowest BCUT2D eigenvalue weighted by Crippen LogP contribution is -2.27. The molecule has 0 radical (unpaired) electrons. The normalized spacial score (nSPS) is 11.5. The number of sulfonamides is 1. The number of anilines is 1. The summed E-state index contributed by atoms with van der Waals surface area (Å²) in [5.41, 5.74) is 5.27. The Bertz CT molecular complexity index is 458. The number of nitrogens with two attached hydrogens (primary N) is 1. The lowest BCUT2D eigenvalue weighted by atomic mass is 10.7. The van der Waals surface area contributed by atoms with Gasteiger partial charge >= 0.3 is 0 Å². The Morgan fingerprint density at radius 2 is 2.29 bits per heavy atom. The molecule has 0 aliphatic rings. The van der Waals surface area contributed by atoms with Crippen LogP contribution >= 0.6 is 11.3 Å². The molecule has 1 aromatic rings. The average molecular weight is 232 g/mol. The molecular weight excluding hydrogens is 224 g/mol. The fourth-order valence-electron chi connectivity index (χ4n) is 0.671. The maximum absolute atomic E-state index is 11.6. The summed E-state index contributed by atoms with van der Waals surface area (Å²) in [6, 6.07) is 0. The highest BCUT2D eigenvalue weighted by molar-refractivity contribution is 7.91. The van der Waals surface area contributed by atoms with Crippen LogP contribution in [0.4, 0.5) is 5.13 Å². The SMILES string of the molecule is C#CCN(C)S(=O)(=O)c1nnc(N)s1. The van der Waals surface area contributed by atoms with Crippen LogP contribution in [0.25, 0.3) is 0 Å². The highest BCUT2D eigenvalue weighted by Gasteiger charge is 2.24. The Kier molecular flexibility index (Phi) is 3.05. The van der Waals surface area contributed by atoms with E-state index in [0.717, 1.165) is 15.6 Å². The molecule has 0 atom stereocenters. The standard InChI is InChI=1S/C6H8N4O2S2/c1-3-4-10(2)14(11,12)6-9-8-5(7)13-6/h1H,4H2,2H3,(H2,7,8). The third-order valence-corrected chi connectivity index (χ3v) is 4.27. The van der Waals surface area contributed by atoms with Gasteiger partial charge in [-0.15, -0.1) is 16.6 Å². The molecule has 6 nitrogen and oxygen atoms in total. The minimum Gasteiger partial charge on any atom is -0.374 e. The van der Waals surface area contributed by atoms with E-state index in [1.165, 1.54) is 7.05 Å². The number of nitrogens with zero attached hydrogens (tertiary/aromatic N) is 3. The molecule has 0 bridgehead atoms. The first-order chi connectivity index (χ1) is 6.48. The summed E-state index contributed by atoms with van der Waals surface area (Å²) in [7, 11) is -2.26. The summed E-state index contributed by atoms with van der Waals surface area (Å²) in [5.74, 6) is 2.22. The van der Waals surface area contributed by atoms with Crippen LogP contribution in [-0.2, 0) is 10.0 Å². The third kappa shape index (κ3) is 2.01. The minimum absolute atomic E-state index is 0.0121. The van der Waals surface area contributed by atoms with Crippen molar-refractivity contribution < 1.29 is 8.42 Å². The van der Waals surface area contributed by atoms with Crippen molar-refractivity contribution >= 4 is 26.5 Å². The van der Waals surface area contributed by atoms with E-state index in [4.69, 9.17) is 12.2 Å². The first-order valence-electron chi connectivity index (χ1n) is 3.47. The number of hydrogen-bond donors (Lipinski definition) is 1. The number of terminal acetylenes is 1. The molecule has 1 aromatic heterocycles. The Morgan fingerprint density at radius 1 is 1.64 bits per heavy atom. The van der Waals surface area contributed by atoms with Crippen molar-refractivity contribution in [2.75, 3.05) is 19.3 Å². The topological polar surface area (TPSA) is 89.2 Å². The van der Waals surface area contributed by atoms with Crippen molar-refractivity contribution in [3.05, 3.63) is 0 Å². The van der Waals surface area contributed by atoms with Crippen molar-refractivity contribution in [2.45, 2.75) is 4.34 Å². The zero-order valence-corrected chi connectivity index (χ0v) is 8.97. The number of nitrogen functional groups attached to an aromatic ring is 1. The predicted octanol–water partition coefficient (Wildman–Crippen LogP) is -0.626. The summed E-state index contributed by atoms with van der Waals surface area (Å²) in [4.78, 5) is 0. The van der Waals surface area contributed by atoms with Crippen molar-refractivity contribution in [1.82, 2.24) is 14.5 Å². The molecule has 14 heavy (non-hydrogen) atoms. The van der Waals surface area contributed by atoms with Gasteiger partial charge in [0.25, 0.3) is 10.0 Å². The first-order valence-corrected chi connectivity index (χ1v) is 5.73. The number of hydrogen-bond acceptors (Lipinski definition) is 6. The zero-order chi connectivity index (χ0) is 10.8. The van der Waals surface area contributed by atoms with Gasteiger partial charge in [-0.05, 0) is 0 Å². The molecule has 1 rings (SSSR count). The Balaban J connectivity index is 3.03. The summed E-state index contributed by atoms with van der Waals surface area (Å²) in [6.07, 6.45) is 5.00. The van der Waals surface area contributed by atoms with E-state index in [0.29, 0.717) is 0 Å². The van der Waals surface area contributed by atoms with Crippen LogP contribution in [0.5, 0.6) is 0 Å². The van der Waals surface area contributed by atoms with Crippen LogP contribution in [-0.4, -0.2) is 36.5 Å². The molecule has 76 valence electrons. The molecule has 8 heteroatoms. The minimum atomic E-state index is -3.62. The largest absolute Gasteiger partial charge is 0.374 e. The van der Waals surface area contributed by atoms with Gasteiger partial charge in [0.2, 0.25) is 9.47 Å². The number of rotatable bonds is 3. The Morgan fingerprint density at radius 3 is 2.71 bits per heavy atom. The molecule has 0 unspecified atom stereocenters. The molecule has 0 fully saturated rings. The second-order valence-electron chi connectivity index (χ2n) is 2.37. The Hall–Kier alpha value is -1.17. The fourth-order valence-corrected chi connectivity index (χ4v) is 2.73.